The summed E-state index contributed by atoms with van der Waals surface area (Å²) in [4.78, 5) is 14.1. The fraction of sp³-hybridized carbons (Fsp3) is 0.316. The number of nitrogens with one attached hydrogen (secondary N) is 1. The number of piperazine rings is 1. The molecule has 9 heteroatoms. The van der Waals surface area contributed by atoms with Crippen LogP contribution in [-0.4, -0.2) is 56.3 Å². The van der Waals surface area contributed by atoms with Gasteiger partial charge in [0, 0.05) is 31.9 Å². The van der Waals surface area contributed by atoms with Gasteiger partial charge in [-0.3, -0.25) is 9.69 Å². The summed E-state index contributed by atoms with van der Waals surface area (Å²) in [5.41, 5.74) is 0.862. The van der Waals surface area contributed by atoms with Crippen LogP contribution >= 0.6 is 0 Å². The quantitative estimate of drug-likeness (QED) is 0.822. The highest BCUT2D eigenvalue weighted by Crippen LogP contribution is 2.22. The van der Waals surface area contributed by atoms with Crippen molar-refractivity contribution in [3.05, 3.63) is 59.7 Å². The number of anilines is 1. The first-order valence-electron chi connectivity index (χ1n) is 8.80. The Morgan fingerprint density at radius 3 is 2.21 bits per heavy atom. The van der Waals surface area contributed by atoms with E-state index >= 15 is 0 Å². The van der Waals surface area contributed by atoms with E-state index in [1.54, 1.807) is 6.92 Å². The predicted octanol–water partition coefficient (Wildman–Crippen LogP) is 2.22. The molecule has 28 heavy (non-hydrogen) atoms. The molecule has 1 heterocycles. The maximum absolute atomic E-state index is 13.3. The Morgan fingerprint density at radius 2 is 1.61 bits per heavy atom. The number of amides is 1. The molecule has 0 bridgehead atoms. The number of benzene rings is 2. The Balaban J connectivity index is 1.56. The molecule has 0 aromatic heterocycles. The minimum absolute atomic E-state index is 0.0939. The van der Waals surface area contributed by atoms with Crippen LogP contribution < -0.4 is 5.32 Å². The molecular weight excluding hydrogens is 388 g/mol. The molecular formula is C19H21F2N3O3S. The molecule has 1 aliphatic rings. The molecule has 0 atom stereocenters. The monoisotopic (exact) mass is 409 g/mol. The lowest BCUT2D eigenvalue weighted by Crippen LogP contribution is -2.50. The molecule has 1 saturated heterocycles. The minimum Gasteiger partial charge on any atom is -0.325 e. The number of aryl methyl sites for hydroxylation is 1. The Hall–Kier alpha value is -2.36. The molecule has 1 fully saturated rings. The van der Waals surface area contributed by atoms with Crippen LogP contribution in [0.15, 0.2) is 47.4 Å². The predicted molar refractivity (Wildman–Crippen MR) is 101 cm³/mol. The van der Waals surface area contributed by atoms with Crippen LogP contribution in [0.5, 0.6) is 0 Å². The van der Waals surface area contributed by atoms with Gasteiger partial charge in [-0.25, -0.2) is 17.2 Å². The van der Waals surface area contributed by atoms with Crippen LogP contribution in [0.25, 0.3) is 0 Å². The lowest BCUT2D eigenvalue weighted by molar-refractivity contribution is -0.117. The lowest BCUT2D eigenvalue weighted by Gasteiger charge is -2.33. The van der Waals surface area contributed by atoms with Gasteiger partial charge < -0.3 is 5.32 Å². The molecule has 0 radical (unpaired) electrons. The van der Waals surface area contributed by atoms with Crippen molar-refractivity contribution in [1.29, 1.82) is 0 Å². The second-order valence-corrected chi connectivity index (χ2v) is 8.55. The van der Waals surface area contributed by atoms with E-state index < -0.39 is 15.8 Å². The van der Waals surface area contributed by atoms with Crippen molar-refractivity contribution in [1.82, 2.24) is 9.21 Å². The number of hydrogen-bond donors (Lipinski definition) is 1. The number of sulfonamides is 1. The number of rotatable bonds is 5. The highest BCUT2D eigenvalue weighted by atomic mass is 32.2. The van der Waals surface area contributed by atoms with E-state index in [1.807, 2.05) is 4.90 Å². The van der Waals surface area contributed by atoms with Crippen molar-refractivity contribution < 1.29 is 22.0 Å². The van der Waals surface area contributed by atoms with Crippen LogP contribution in [0, 0.1) is 18.6 Å². The Kier molecular flexibility index (Phi) is 6.07. The SMILES string of the molecule is Cc1cc(F)ccc1S(=O)(=O)N1CCN(CC(=O)Nc2ccc(F)cc2)CC1. The van der Waals surface area contributed by atoms with Gasteiger partial charge in [0.1, 0.15) is 11.6 Å². The van der Waals surface area contributed by atoms with Crippen molar-refractivity contribution >= 4 is 21.6 Å². The van der Waals surface area contributed by atoms with Crippen molar-refractivity contribution in [2.24, 2.45) is 0 Å². The van der Waals surface area contributed by atoms with Crippen molar-refractivity contribution in [2.45, 2.75) is 11.8 Å². The Labute approximate surface area is 162 Å². The first-order chi connectivity index (χ1) is 13.3. The molecule has 2 aromatic rings. The van der Waals surface area contributed by atoms with Gasteiger partial charge in [-0.1, -0.05) is 0 Å². The van der Waals surface area contributed by atoms with Crippen molar-refractivity contribution in [3.8, 4) is 0 Å². The lowest BCUT2D eigenvalue weighted by atomic mass is 10.2. The second kappa shape index (κ2) is 8.34. The summed E-state index contributed by atoms with van der Waals surface area (Å²) in [5, 5.41) is 2.68. The smallest absolute Gasteiger partial charge is 0.243 e. The van der Waals surface area contributed by atoms with Crippen molar-refractivity contribution in [3.63, 3.8) is 0 Å². The highest BCUT2D eigenvalue weighted by Gasteiger charge is 2.30. The third-order valence-corrected chi connectivity index (χ3v) is 6.64. The van der Waals surface area contributed by atoms with Gasteiger partial charge >= 0.3 is 0 Å². The zero-order valence-corrected chi connectivity index (χ0v) is 16.2. The van der Waals surface area contributed by atoms with Gasteiger partial charge in [0.2, 0.25) is 15.9 Å². The number of halogens is 2. The fourth-order valence-electron chi connectivity index (χ4n) is 3.11. The molecule has 1 amide bonds. The molecule has 2 aromatic carbocycles. The average molecular weight is 409 g/mol. The van der Waals surface area contributed by atoms with Crippen molar-refractivity contribution in [2.75, 3.05) is 38.0 Å². The molecule has 0 unspecified atom stereocenters. The third kappa shape index (κ3) is 4.73. The third-order valence-electron chi connectivity index (χ3n) is 4.58. The first kappa shape index (κ1) is 20.4. The van der Waals surface area contributed by atoms with E-state index in [9.17, 15) is 22.0 Å². The summed E-state index contributed by atoms with van der Waals surface area (Å²) < 4.78 is 53.1. The summed E-state index contributed by atoms with van der Waals surface area (Å²) >= 11 is 0. The zero-order valence-electron chi connectivity index (χ0n) is 15.4. The van der Waals surface area contributed by atoms with Crippen LogP contribution in [0.1, 0.15) is 5.56 Å². The van der Waals surface area contributed by atoms with E-state index in [2.05, 4.69) is 5.32 Å². The van der Waals surface area contributed by atoms with E-state index in [-0.39, 0.29) is 36.3 Å². The maximum atomic E-state index is 13.3. The van der Waals surface area contributed by atoms with Gasteiger partial charge in [0.15, 0.2) is 0 Å². The van der Waals surface area contributed by atoms with Crippen LogP contribution in [0.2, 0.25) is 0 Å². The molecule has 3 rings (SSSR count). The maximum Gasteiger partial charge on any atom is 0.243 e. The summed E-state index contributed by atoms with van der Waals surface area (Å²) in [5.74, 6) is -1.11. The molecule has 150 valence electrons. The molecule has 6 nitrogen and oxygen atoms in total. The normalized spacial score (nSPS) is 16.1. The van der Waals surface area contributed by atoms with E-state index in [1.165, 1.54) is 40.7 Å². The van der Waals surface area contributed by atoms with Crippen LogP contribution in [-0.2, 0) is 14.8 Å². The van der Waals surface area contributed by atoms with Gasteiger partial charge in [0.05, 0.1) is 11.4 Å². The number of nitrogens with zero attached hydrogens (tertiary/aromatic N) is 2. The van der Waals surface area contributed by atoms with Crippen LogP contribution in [0.3, 0.4) is 0 Å². The van der Waals surface area contributed by atoms with E-state index in [0.29, 0.717) is 24.3 Å². The Bertz CT molecular complexity index is 957. The largest absolute Gasteiger partial charge is 0.325 e. The average Bonchev–Trinajstić information content (AvgIpc) is 2.64. The standard InChI is InChI=1S/C19H21F2N3O3S/c1-14-12-16(21)4-7-18(14)28(26,27)24-10-8-23(9-11-24)13-19(25)22-17-5-2-15(20)3-6-17/h2-7,12H,8-11,13H2,1H3,(H,22,25). The summed E-state index contributed by atoms with van der Waals surface area (Å²) in [7, 11) is -3.71. The molecule has 0 aliphatic carbocycles. The zero-order chi connectivity index (χ0) is 20.3. The summed E-state index contributed by atoms with van der Waals surface area (Å²) in [6.45, 7) is 2.95. The molecule has 0 spiro atoms. The second-order valence-electron chi connectivity index (χ2n) is 6.65. The number of carbonyl (C=O) groups is 1. The number of hydrogen-bond acceptors (Lipinski definition) is 4. The summed E-state index contributed by atoms with van der Waals surface area (Å²) in [6, 6.07) is 9.08. The van der Waals surface area contributed by atoms with Gasteiger partial charge in [-0.05, 0) is 55.0 Å². The number of carbonyl (C=O) groups excluding carboxylic acids is 1. The molecule has 1 N–H and O–H groups in total. The highest BCUT2D eigenvalue weighted by molar-refractivity contribution is 7.89. The van der Waals surface area contributed by atoms with Gasteiger partial charge in [-0.15, -0.1) is 0 Å². The first-order valence-corrected chi connectivity index (χ1v) is 10.2. The Morgan fingerprint density at radius 1 is 1.00 bits per heavy atom. The molecule has 1 aliphatic heterocycles. The van der Waals surface area contributed by atoms with E-state index in [4.69, 9.17) is 0 Å². The van der Waals surface area contributed by atoms with Crippen LogP contribution in [0.4, 0.5) is 14.5 Å². The minimum atomic E-state index is -3.71. The van der Waals surface area contributed by atoms with Gasteiger partial charge in [-0.2, -0.15) is 4.31 Å². The molecule has 0 saturated carbocycles. The summed E-state index contributed by atoms with van der Waals surface area (Å²) in [6.07, 6.45) is 0. The topological polar surface area (TPSA) is 69.7 Å². The van der Waals surface area contributed by atoms with E-state index in [0.717, 1.165) is 6.07 Å². The van der Waals surface area contributed by atoms with Gasteiger partial charge in [0.25, 0.3) is 0 Å². The fourth-order valence-corrected chi connectivity index (χ4v) is 4.73.